The van der Waals surface area contributed by atoms with Gasteiger partial charge in [-0.15, -0.1) is 5.10 Å². The number of hydrogen-bond acceptors (Lipinski definition) is 5. The third kappa shape index (κ3) is 2.19. The molecule has 0 unspecified atom stereocenters. The van der Waals surface area contributed by atoms with Crippen molar-refractivity contribution in [3.05, 3.63) is 39.6 Å². The molecule has 20 heavy (non-hydrogen) atoms. The Morgan fingerprint density at radius 3 is 2.95 bits per heavy atom. The van der Waals surface area contributed by atoms with Crippen molar-refractivity contribution in [1.82, 2.24) is 14.2 Å². The van der Waals surface area contributed by atoms with Crippen LogP contribution < -0.4 is 4.80 Å². The lowest BCUT2D eigenvalue weighted by Gasteiger charge is -1.94. The van der Waals surface area contributed by atoms with Gasteiger partial charge >= 0.3 is 0 Å². The quantitative estimate of drug-likeness (QED) is 0.730. The maximum absolute atomic E-state index is 12.2. The van der Waals surface area contributed by atoms with E-state index in [-0.39, 0.29) is 5.91 Å². The molecule has 0 aliphatic rings. The summed E-state index contributed by atoms with van der Waals surface area (Å²) in [6.45, 7) is 1.95. The van der Waals surface area contributed by atoms with Crippen LogP contribution in [0, 0.1) is 0 Å². The van der Waals surface area contributed by atoms with Crippen LogP contribution in [-0.2, 0) is 13.5 Å². The number of amides is 1. The van der Waals surface area contributed by atoms with Crippen LogP contribution in [0.2, 0.25) is 0 Å². The first kappa shape index (κ1) is 13.1. The first-order chi connectivity index (χ1) is 9.70. The standard InChI is InChI=1S/C13H12N4OS2/c1-3-8-11(20-16-15-8)12(18)14-13-17(2)9-6-4-5-7-10(9)19-13/h4-7H,3H2,1-2H3. The van der Waals surface area contributed by atoms with Crippen LogP contribution in [-0.4, -0.2) is 20.1 Å². The number of aromatic nitrogens is 3. The zero-order chi connectivity index (χ0) is 14.1. The highest BCUT2D eigenvalue weighted by molar-refractivity contribution is 7.16. The first-order valence-electron chi connectivity index (χ1n) is 6.15. The van der Waals surface area contributed by atoms with Crippen molar-refractivity contribution < 1.29 is 4.79 Å². The Bertz CT molecular complexity index is 843. The summed E-state index contributed by atoms with van der Waals surface area (Å²) in [7, 11) is 1.91. The number of rotatable bonds is 2. The second kappa shape index (κ2) is 5.26. The molecule has 3 rings (SSSR count). The molecular formula is C13H12N4OS2. The van der Waals surface area contributed by atoms with E-state index in [1.165, 1.54) is 11.3 Å². The Hall–Kier alpha value is -1.86. The second-order valence-corrected chi connectivity index (χ2v) is 5.99. The van der Waals surface area contributed by atoms with Gasteiger partial charge in [-0.1, -0.05) is 34.9 Å². The number of nitrogens with zero attached hydrogens (tertiary/aromatic N) is 4. The lowest BCUT2D eigenvalue weighted by molar-refractivity contribution is 0.100. The van der Waals surface area contributed by atoms with Gasteiger partial charge in [-0.3, -0.25) is 4.79 Å². The summed E-state index contributed by atoms with van der Waals surface area (Å²) in [5.41, 5.74) is 1.79. The Morgan fingerprint density at radius 2 is 2.20 bits per heavy atom. The van der Waals surface area contributed by atoms with Gasteiger partial charge in [0.1, 0.15) is 4.88 Å². The lowest BCUT2D eigenvalue weighted by atomic mass is 10.3. The molecule has 0 bridgehead atoms. The molecule has 102 valence electrons. The van der Waals surface area contributed by atoms with Crippen LogP contribution in [0.5, 0.6) is 0 Å². The normalized spacial score (nSPS) is 12.2. The van der Waals surface area contributed by atoms with E-state index in [9.17, 15) is 4.79 Å². The lowest BCUT2D eigenvalue weighted by Crippen LogP contribution is -2.13. The van der Waals surface area contributed by atoms with Crippen molar-refractivity contribution in [1.29, 1.82) is 0 Å². The Morgan fingerprint density at radius 1 is 1.40 bits per heavy atom. The van der Waals surface area contributed by atoms with E-state index >= 15 is 0 Å². The number of para-hydroxylation sites is 1. The van der Waals surface area contributed by atoms with Gasteiger partial charge in [0, 0.05) is 7.05 Å². The molecule has 2 aromatic heterocycles. The first-order valence-corrected chi connectivity index (χ1v) is 7.74. The number of aryl methyl sites for hydroxylation is 2. The zero-order valence-corrected chi connectivity index (χ0v) is 12.7. The van der Waals surface area contributed by atoms with Gasteiger partial charge < -0.3 is 4.57 Å². The average Bonchev–Trinajstić information content (AvgIpc) is 3.05. The molecule has 0 saturated heterocycles. The van der Waals surface area contributed by atoms with Crippen molar-refractivity contribution in [3.8, 4) is 0 Å². The van der Waals surface area contributed by atoms with Gasteiger partial charge in [-0.25, -0.2) is 0 Å². The van der Waals surface area contributed by atoms with Gasteiger partial charge in [-0.05, 0) is 30.1 Å². The fourth-order valence-corrected chi connectivity index (χ4v) is 3.58. The molecule has 0 radical (unpaired) electrons. The van der Waals surface area contributed by atoms with Crippen LogP contribution in [0.3, 0.4) is 0 Å². The minimum Gasteiger partial charge on any atom is -0.319 e. The van der Waals surface area contributed by atoms with E-state index in [1.54, 1.807) is 0 Å². The summed E-state index contributed by atoms with van der Waals surface area (Å²) >= 11 is 2.61. The molecule has 0 saturated carbocycles. The van der Waals surface area contributed by atoms with Crippen LogP contribution in [0.1, 0.15) is 22.3 Å². The summed E-state index contributed by atoms with van der Waals surface area (Å²) in [4.78, 5) is 17.7. The van der Waals surface area contributed by atoms with Crippen LogP contribution in [0.25, 0.3) is 10.2 Å². The molecular weight excluding hydrogens is 292 g/mol. The molecule has 7 heteroatoms. The van der Waals surface area contributed by atoms with Crippen LogP contribution >= 0.6 is 22.9 Å². The van der Waals surface area contributed by atoms with Crippen LogP contribution in [0.4, 0.5) is 0 Å². The molecule has 1 amide bonds. The van der Waals surface area contributed by atoms with E-state index in [4.69, 9.17) is 0 Å². The largest absolute Gasteiger partial charge is 0.319 e. The zero-order valence-electron chi connectivity index (χ0n) is 11.0. The van der Waals surface area contributed by atoms with Crippen LogP contribution in [0.15, 0.2) is 29.3 Å². The third-order valence-corrected chi connectivity index (χ3v) is 4.87. The van der Waals surface area contributed by atoms with Crippen molar-refractivity contribution in [3.63, 3.8) is 0 Å². The van der Waals surface area contributed by atoms with Gasteiger partial charge in [-0.2, -0.15) is 4.99 Å². The highest BCUT2D eigenvalue weighted by Crippen LogP contribution is 2.16. The molecule has 5 nitrogen and oxygen atoms in total. The number of carbonyl (C=O) groups is 1. The summed E-state index contributed by atoms with van der Waals surface area (Å²) in [5.74, 6) is -0.265. The summed E-state index contributed by atoms with van der Waals surface area (Å²) in [5, 5.41) is 3.95. The second-order valence-electron chi connectivity index (χ2n) is 4.23. The Kier molecular flexibility index (Phi) is 3.45. The van der Waals surface area contributed by atoms with E-state index in [0.29, 0.717) is 21.8 Å². The topological polar surface area (TPSA) is 60.1 Å². The number of hydrogen-bond donors (Lipinski definition) is 0. The molecule has 3 aromatic rings. The maximum atomic E-state index is 12.2. The fraction of sp³-hybridized carbons (Fsp3) is 0.231. The summed E-state index contributed by atoms with van der Waals surface area (Å²) in [6.07, 6.45) is 0.686. The van der Waals surface area contributed by atoms with Gasteiger partial charge in [0.15, 0.2) is 4.80 Å². The van der Waals surface area contributed by atoms with Crippen molar-refractivity contribution in [2.45, 2.75) is 13.3 Å². The SMILES string of the molecule is CCc1nnsc1C(=O)N=c1sc2ccccc2n1C. The van der Waals surface area contributed by atoms with E-state index in [0.717, 1.165) is 21.7 Å². The molecule has 0 fully saturated rings. The van der Waals surface area contributed by atoms with Crippen molar-refractivity contribution in [2.24, 2.45) is 12.0 Å². The number of benzene rings is 1. The predicted molar refractivity (Wildman–Crippen MR) is 80.0 cm³/mol. The Balaban J connectivity index is 2.11. The molecule has 0 spiro atoms. The predicted octanol–water partition coefficient (Wildman–Crippen LogP) is 2.39. The number of carbonyl (C=O) groups excluding carboxylic acids is 1. The van der Waals surface area contributed by atoms with Gasteiger partial charge in [0.2, 0.25) is 0 Å². The molecule has 0 aliphatic carbocycles. The highest BCUT2D eigenvalue weighted by Gasteiger charge is 2.14. The molecule has 0 atom stereocenters. The Labute approximate surface area is 123 Å². The minimum absolute atomic E-state index is 0.265. The van der Waals surface area contributed by atoms with Gasteiger partial charge in [0.05, 0.1) is 15.9 Å². The number of fused-ring (bicyclic) bond motifs is 1. The maximum Gasteiger partial charge on any atom is 0.293 e. The highest BCUT2D eigenvalue weighted by atomic mass is 32.1. The molecule has 0 aliphatic heterocycles. The monoisotopic (exact) mass is 304 g/mol. The minimum atomic E-state index is -0.265. The molecule has 0 N–H and O–H groups in total. The summed E-state index contributed by atoms with van der Waals surface area (Å²) in [6, 6.07) is 7.99. The third-order valence-electron chi connectivity index (χ3n) is 3.00. The van der Waals surface area contributed by atoms with E-state index < -0.39 is 0 Å². The van der Waals surface area contributed by atoms with Crippen molar-refractivity contribution >= 4 is 39.0 Å². The van der Waals surface area contributed by atoms with E-state index in [1.807, 2.05) is 42.8 Å². The fourth-order valence-electron chi connectivity index (χ4n) is 1.93. The summed E-state index contributed by atoms with van der Waals surface area (Å²) < 4.78 is 6.87. The smallest absolute Gasteiger partial charge is 0.293 e. The van der Waals surface area contributed by atoms with Crippen molar-refractivity contribution in [2.75, 3.05) is 0 Å². The molecule has 2 heterocycles. The average molecular weight is 304 g/mol. The molecule has 1 aromatic carbocycles. The van der Waals surface area contributed by atoms with E-state index in [2.05, 4.69) is 14.6 Å². The number of thiazole rings is 1. The van der Waals surface area contributed by atoms with Gasteiger partial charge in [0.25, 0.3) is 5.91 Å².